The highest BCUT2D eigenvalue weighted by atomic mass is 16.5. The highest BCUT2D eigenvalue weighted by Crippen LogP contribution is 2.27. The molecule has 0 saturated carbocycles. The maximum atomic E-state index is 11.7. The van der Waals surface area contributed by atoms with Crippen LogP contribution in [0.5, 0.6) is 11.5 Å². The summed E-state index contributed by atoms with van der Waals surface area (Å²) in [5.74, 6) is 1.29. The van der Waals surface area contributed by atoms with Crippen LogP contribution in [-0.4, -0.2) is 40.8 Å². The molecular formula is C12H15N5O3. The largest absolute Gasteiger partial charge is 0.493 e. The molecule has 1 heterocycles. The van der Waals surface area contributed by atoms with E-state index in [0.717, 1.165) is 5.56 Å². The summed E-state index contributed by atoms with van der Waals surface area (Å²) in [5.41, 5.74) is 0.978. The van der Waals surface area contributed by atoms with Crippen molar-refractivity contribution in [2.75, 3.05) is 19.5 Å². The summed E-state index contributed by atoms with van der Waals surface area (Å²) >= 11 is 0. The number of nitrogens with zero attached hydrogens (tertiary/aromatic N) is 3. The third kappa shape index (κ3) is 3.44. The molecule has 0 saturated heterocycles. The van der Waals surface area contributed by atoms with E-state index in [1.54, 1.807) is 14.2 Å². The minimum Gasteiger partial charge on any atom is -0.493 e. The van der Waals surface area contributed by atoms with E-state index in [0.29, 0.717) is 24.3 Å². The molecule has 8 heteroatoms. The average molecular weight is 277 g/mol. The topological polar surface area (TPSA) is 102 Å². The molecule has 0 aliphatic heterocycles. The Morgan fingerprint density at radius 2 is 2.10 bits per heavy atom. The highest BCUT2D eigenvalue weighted by molar-refractivity contribution is 5.88. The number of nitrogens with one attached hydrogen (secondary N) is 2. The number of carbonyl (C=O) groups is 1. The molecule has 0 unspecified atom stereocenters. The molecule has 0 atom stereocenters. The molecule has 0 aliphatic carbocycles. The zero-order valence-electron chi connectivity index (χ0n) is 11.2. The first-order valence-corrected chi connectivity index (χ1v) is 5.97. The van der Waals surface area contributed by atoms with Crippen molar-refractivity contribution in [1.82, 2.24) is 20.6 Å². The van der Waals surface area contributed by atoms with E-state index >= 15 is 0 Å². The molecule has 2 N–H and O–H groups in total. The van der Waals surface area contributed by atoms with Gasteiger partial charge in [0.1, 0.15) is 0 Å². The average Bonchev–Trinajstić information content (AvgIpc) is 2.97. The first kappa shape index (κ1) is 13.8. The fourth-order valence-corrected chi connectivity index (χ4v) is 1.70. The summed E-state index contributed by atoms with van der Waals surface area (Å²) < 4.78 is 10.4. The Morgan fingerprint density at radius 1 is 1.30 bits per heavy atom. The van der Waals surface area contributed by atoms with Gasteiger partial charge in [-0.3, -0.25) is 10.1 Å². The van der Waals surface area contributed by atoms with Crippen LogP contribution >= 0.6 is 0 Å². The zero-order valence-corrected chi connectivity index (χ0v) is 11.2. The van der Waals surface area contributed by atoms with Gasteiger partial charge in [0, 0.05) is 6.42 Å². The van der Waals surface area contributed by atoms with E-state index in [4.69, 9.17) is 9.47 Å². The van der Waals surface area contributed by atoms with Crippen LogP contribution in [0.4, 0.5) is 5.95 Å². The van der Waals surface area contributed by atoms with Crippen molar-refractivity contribution in [1.29, 1.82) is 0 Å². The Labute approximate surface area is 115 Å². The van der Waals surface area contributed by atoms with E-state index in [9.17, 15) is 4.79 Å². The standard InChI is InChI=1S/C12H15N5O3/c1-19-9-5-3-8(7-10(9)20-2)4-6-11(18)13-12-14-16-17-15-12/h3,5,7H,4,6H2,1-2H3,(H2,13,14,15,16,17,18). The Kier molecular flexibility index (Phi) is 4.48. The first-order valence-electron chi connectivity index (χ1n) is 5.97. The fourth-order valence-electron chi connectivity index (χ4n) is 1.70. The number of rotatable bonds is 6. The number of aromatic nitrogens is 4. The number of hydrogen-bond acceptors (Lipinski definition) is 6. The first-order chi connectivity index (χ1) is 9.72. The summed E-state index contributed by atoms with van der Waals surface area (Å²) in [4.78, 5) is 11.7. The maximum absolute atomic E-state index is 11.7. The second kappa shape index (κ2) is 6.50. The smallest absolute Gasteiger partial charge is 0.269 e. The van der Waals surface area contributed by atoms with Crippen LogP contribution in [0.3, 0.4) is 0 Å². The fraction of sp³-hybridized carbons (Fsp3) is 0.333. The molecule has 0 aliphatic rings. The van der Waals surface area contributed by atoms with E-state index in [1.807, 2.05) is 18.2 Å². The van der Waals surface area contributed by atoms with Gasteiger partial charge in [0.25, 0.3) is 5.95 Å². The van der Waals surface area contributed by atoms with Crippen LogP contribution in [0.2, 0.25) is 0 Å². The molecule has 2 rings (SSSR count). The van der Waals surface area contributed by atoms with Gasteiger partial charge in [0.15, 0.2) is 11.5 Å². The van der Waals surface area contributed by atoms with Gasteiger partial charge in [-0.1, -0.05) is 11.2 Å². The molecular weight excluding hydrogens is 262 g/mol. The third-order valence-electron chi connectivity index (χ3n) is 2.69. The Hall–Kier alpha value is -2.64. The summed E-state index contributed by atoms with van der Waals surface area (Å²) in [5, 5.41) is 15.4. The van der Waals surface area contributed by atoms with E-state index < -0.39 is 0 Å². The quantitative estimate of drug-likeness (QED) is 0.809. The second-order valence-corrected chi connectivity index (χ2v) is 3.97. The number of carbonyl (C=O) groups excluding carboxylic acids is 1. The molecule has 20 heavy (non-hydrogen) atoms. The number of hydrogen-bond donors (Lipinski definition) is 2. The van der Waals surface area contributed by atoms with E-state index in [1.165, 1.54) is 0 Å². The van der Waals surface area contributed by atoms with E-state index in [2.05, 4.69) is 25.9 Å². The minimum atomic E-state index is -0.179. The lowest BCUT2D eigenvalue weighted by atomic mass is 10.1. The SMILES string of the molecule is COc1ccc(CCC(=O)Nc2nn[nH]n2)cc1OC. The molecule has 106 valence electrons. The molecule has 1 amide bonds. The van der Waals surface area contributed by atoms with Crippen molar-refractivity contribution in [3.63, 3.8) is 0 Å². The van der Waals surface area contributed by atoms with Crippen LogP contribution in [-0.2, 0) is 11.2 Å². The highest BCUT2D eigenvalue weighted by Gasteiger charge is 2.08. The van der Waals surface area contributed by atoms with Gasteiger partial charge in [-0.2, -0.15) is 5.21 Å². The lowest BCUT2D eigenvalue weighted by molar-refractivity contribution is -0.116. The summed E-state index contributed by atoms with van der Waals surface area (Å²) in [6.45, 7) is 0. The van der Waals surface area contributed by atoms with Crippen molar-refractivity contribution < 1.29 is 14.3 Å². The number of ether oxygens (including phenoxy) is 2. The van der Waals surface area contributed by atoms with Gasteiger partial charge in [-0.05, 0) is 29.3 Å². The van der Waals surface area contributed by atoms with E-state index in [-0.39, 0.29) is 11.9 Å². The lowest BCUT2D eigenvalue weighted by Gasteiger charge is -2.09. The number of anilines is 1. The summed E-state index contributed by atoms with van der Waals surface area (Å²) in [7, 11) is 3.15. The van der Waals surface area contributed by atoms with Gasteiger partial charge in [-0.25, -0.2) is 0 Å². The number of amides is 1. The van der Waals surface area contributed by atoms with Crippen LogP contribution < -0.4 is 14.8 Å². The van der Waals surface area contributed by atoms with Crippen molar-refractivity contribution in [2.45, 2.75) is 12.8 Å². The maximum Gasteiger partial charge on any atom is 0.269 e. The Morgan fingerprint density at radius 3 is 2.75 bits per heavy atom. The number of aryl methyl sites for hydroxylation is 1. The minimum absolute atomic E-state index is 0.169. The van der Waals surface area contributed by atoms with Crippen LogP contribution in [0.15, 0.2) is 18.2 Å². The van der Waals surface area contributed by atoms with Crippen LogP contribution in [0.25, 0.3) is 0 Å². The summed E-state index contributed by atoms with van der Waals surface area (Å²) in [6.07, 6.45) is 0.883. The van der Waals surface area contributed by atoms with Gasteiger partial charge in [0.05, 0.1) is 14.2 Å². The van der Waals surface area contributed by atoms with Crippen molar-refractivity contribution >= 4 is 11.9 Å². The summed E-state index contributed by atoms with van der Waals surface area (Å²) in [6, 6.07) is 5.55. The normalized spacial score (nSPS) is 10.1. The molecule has 8 nitrogen and oxygen atoms in total. The predicted molar refractivity (Wildman–Crippen MR) is 70.7 cm³/mol. The molecule has 0 spiro atoms. The second-order valence-electron chi connectivity index (χ2n) is 3.97. The zero-order chi connectivity index (χ0) is 14.4. The molecule has 1 aromatic heterocycles. The Bertz CT molecular complexity index is 570. The number of tetrazole rings is 1. The third-order valence-corrected chi connectivity index (χ3v) is 2.69. The molecule has 2 aromatic rings. The number of methoxy groups -OCH3 is 2. The number of H-pyrrole nitrogens is 1. The van der Waals surface area contributed by atoms with Crippen molar-refractivity contribution in [2.24, 2.45) is 0 Å². The molecule has 0 bridgehead atoms. The van der Waals surface area contributed by atoms with Gasteiger partial charge in [0.2, 0.25) is 5.91 Å². The molecule has 0 fully saturated rings. The molecule has 1 aromatic carbocycles. The van der Waals surface area contributed by atoms with Gasteiger partial charge >= 0.3 is 0 Å². The molecule has 0 radical (unpaired) electrons. The monoisotopic (exact) mass is 277 g/mol. The van der Waals surface area contributed by atoms with Crippen molar-refractivity contribution in [3.8, 4) is 11.5 Å². The number of benzene rings is 1. The van der Waals surface area contributed by atoms with Crippen molar-refractivity contribution in [3.05, 3.63) is 23.8 Å². The predicted octanol–water partition coefficient (Wildman–Crippen LogP) is 0.788. The van der Waals surface area contributed by atoms with Gasteiger partial charge in [-0.15, -0.1) is 5.10 Å². The Balaban J connectivity index is 1.92. The number of aromatic amines is 1. The van der Waals surface area contributed by atoms with Gasteiger partial charge < -0.3 is 9.47 Å². The van der Waals surface area contributed by atoms with Crippen LogP contribution in [0, 0.1) is 0 Å². The van der Waals surface area contributed by atoms with Crippen LogP contribution in [0.1, 0.15) is 12.0 Å². The lowest BCUT2D eigenvalue weighted by Crippen LogP contribution is -2.13.